The molecule has 0 bridgehead atoms. The molecule has 0 fully saturated rings. The SMILES string of the molecule is O=C(Oc1ccc(Cl)c2ccccc12)c1ccccc1Br. The van der Waals surface area contributed by atoms with Crippen LogP contribution in [-0.4, -0.2) is 5.97 Å². The second kappa shape index (κ2) is 5.88. The molecule has 104 valence electrons. The van der Waals surface area contributed by atoms with Crippen molar-refractivity contribution in [1.29, 1.82) is 0 Å². The molecule has 0 aliphatic carbocycles. The molecular formula is C17H10BrClO2. The van der Waals surface area contributed by atoms with Crippen molar-refractivity contribution in [2.45, 2.75) is 0 Å². The van der Waals surface area contributed by atoms with E-state index in [0.717, 1.165) is 10.8 Å². The van der Waals surface area contributed by atoms with E-state index >= 15 is 0 Å². The Morgan fingerprint density at radius 2 is 1.57 bits per heavy atom. The van der Waals surface area contributed by atoms with Gasteiger partial charge >= 0.3 is 5.97 Å². The number of hydrogen-bond acceptors (Lipinski definition) is 2. The van der Waals surface area contributed by atoms with Crippen LogP contribution in [0.25, 0.3) is 10.8 Å². The van der Waals surface area contributed by atoms with E-state index in [4.69, 9.17) is 16.3 Å². The van der Waals surface area contributed by atoms with Gasteiger partial charge in [0.05, 0.1) is 5.56 Å². The van der Waals surface area contributed by atoms with Crippen LogP contribution in [-0.2, 0) is 0 Å². The number of benzene rings is 3. The Morgan fingerprint density at radius 3 is 2.33 bits per heavy atom. The van der Waals surface area contributed by atoms with Crippen molar-refractivity contribution in [1.82, 2.24) is 0 Å². The lowest BCUT2D eigenvalue weighted by molar-refractivity contribution is 0.0736. The Labute approximate surface area is 135 Å². The van der Waals surface area contributed by atoms with E-state index < -0.39 is 5.97 Å². The topological polar surface area (TPSA) is 26.3 Å². The van der Waals surface area contributed by atoms with Crippen molar-refractivity contribution in [2.75, 3.05) is 0 Å². The first-order valence-electron chi connectivity index (χ1n) is 6.31. The van der Waals surface area contributed by atoms with E-state index in [1.165, 1.54) is 0 Å². The van der Waals surface area contributed by atoms with Crippen LogP contribution in [0.3, 0.4) is 0 Å². The molecule has 4 heteroatoms. The molecule has 0 aromatic heterocycles. The van der Waals surface area contributed by atoms with Crippen molar-refractivity contribution in [2.24, 2.45) is 0 Å². The molecule has 2 nitrogen and oxygen atoms in total. The number of ether oxygens (including phenoxy) is 1. The number of fused-ring (bicyclic) bond motifs is 1. The van der Waals surface area contributed by atoms with Crippen LogP contribution in [0.2, 0.25) is 5.02 Å². The van der Waals surface area contributed by atoms with Crippen LogP contribution >= 0.6 is 27.5 Å². The largest absolute Gasteiger partial charge is 0.422 e. The van der Waals surface area contributed by atoms with Gasteiger partial charge in [0.2, 0.25) is 0 Å². The molecule has 0 N–H and O–H groups in total. The van der Waals surface area contributed by atoms with Crippen molar-refractivity contribution >= 4 is 44.3 Å². The molecule has 0 aliphatic heterocycles. The Bertz CT molecular complexity index is 830. The summed E-state index contributed by atoms with van der Waals surface area (Å²) in [7, 11) is 0. The van der Waals surface area contributed by atoms with E-state index in [0.29, 0.717) is 20.8 Å². The molecule has 0 aliphatic rings. The van der Waals surface area contributed by atoms with Crippen LogP contribution < -0.4 is 4.74 Å². The summed E-state index contributed by atoms with van der Waals surface area (Å²) in [6, 6.07) is 18.1. The number of carbonyl (C=O) groups is 1. The van der Waals surface area contributed by atoms with Gasteiger partial charge in [0.25, 0.3) is 0 Å². The van der Waals surface area contributed by atoms with Gasteiger partial charge in [-0.2, -0.15) is 0 Å². The summed E-state index contributed by atoms with van der Waals surface area (Å²) in [4.78, 5) is 12.3. The second-order valence-electron chi connectivity index (χ2n) is 4.46. The fourth-order valence-corrected chi connectivity index (χ4v) is 2.78. The highest BCUT2D eigenvalue weighted by Crippen LogP contribution is 2.32. The van der Waals surface area contributed by atoms with Crippen molar-refractivity contribution in [3.63, 3.8) is 0 Å². The molecule has 0 saturated heterocycles. The summed E-state index contributed by atoms with van der Waals surface area (Å²) in [6.07, 6.45) is 0. The predicted octanol–water partition coefficient (Wildman–Crippen LogP) is 5.47. The third-order valence-corrected chi connectivity index (χ3v) is 4.15. The maximum absolute atomic E-state index is 12.3. The second-order valence-corrected chi connectivity index (χ2v) is 5.72. The first kappa shape index (κ1) is 14.1. The highest BCUT2D eigenvalue weighted by molar-refractivity contribution is 9.10. The van der Waals surface area contributed by atoms with E-state index in [1.807, 2.05) is 30.3 Å². The van der Waals surface area contributed by atoms with E-state index in [9.17, 15) is 4.79 Å². The fourth-order valence-electron chi connectivity index (χ4n) is 2.11. The summed E-state index contributed by atoms with van der Waals surface area (Å²) >= 11 is 9.51. The Hall–Kier alpha value is -1.84. The summed E-state index contributed by atoms with van der Waals surface area (Å²) in [5, 5.41) is 2.30. The summed E-state index contributed by atoms with van der Waals surface area (Å²) in [5.41, 5.74) is 0.483. The third kappa shape index (κ3) is 2.80. The molecule has 0 spiro atoms. The Kier molecular flexibility index (Phi) is 3.95. The smallest absolute Gasteiger partial charge is 0.344 e. The maximum Gasteiger partial charge on any atom is 0.344 e. The standard InChI is InChI=1S/C17H10BrClO2/c18-14-8-4-3-7-13(14)17(20)21-16-10-9-15(19)11-5-1-2-6-12(11)16/h1-10H. The van der Waals surface area contributed by atoms with Gasteiger partial charge < -0.3 is 4.74 Å². The molecule has 0 heterocycles. The zero-order valence-electron chi connectivity index (χ0n) is 10.8. The lowest BCUT2D eigenvalue weighted by Crippen LogP contribution is -2.09. The monoisotopic (exact) mass is 360 g/mol. The number of esters is 1. The van der Waals surface area contributed by atoms with Gasteiger partial charge in [0, 0.05) is 20.3 Å². The summed E-state index contributed by atoms with van der Waals surface area (Å²) in [5.74, 6) is 0.0886. The molecule has 0 unspecified atom stereocenters. The molecular weight excluding hydrogens is 352 g/mol. The molecule has 3 rings (SSSR count). The van der Waals surface area contributed by atoms with Gasteiger partial charge in [-0.05, 0) is 40.2 Å². The Balaban J connectivity index is 2.01. The minimum Gasteiger partial charge on any atom is -0.422 e. The zero-order chi connectivity index (χ0) is 14.8. The van der Waals surface area contributed by atoms with E-state index in [1.54, 1.807) is 30.3 Å². The minimum atomic E-state index is -0.407. The predicted molar refractivity (Wildman–Crippen MR) is 88.1 cm³/mol. The van der Waals surface area contributed by atoms with Gasteiger partial charge in [-0.3, -0.25) is 0 Å². The van der Waals surface area contributed by atoms with E-state index in [2.05, 4.69) is 15.9 Å². The maximum atomic E-state index is 12.3. The Morgan fingerprint density at radius 1 is 0.905 bits per heavy atom. The summed E-state index contributed by atoms with van der Waals surface area (Å²) < 4.78 is 6.22. The first-order chi connectivity index (χ1) is 10.2. The number of carbonyl (C=O) groups excluding carboxylic acids is 1. The number of hydrogen-bond donors (Lipinski definition) is 0. The average Bonchev–Trinajstić information content (AvgIpc) is 2.51. The van der Waals surface area contributed by atoms with Gasteiger partial charge in [-0.25, -0.2) is 4.79 Å². The lowest BCUT2D eigenvalue weighted by Gasteiger charge is -2.09. The molecule has 0 atom stereocenters. The van der Waals surface area contributed by atoms with Crippen molar-refractivity contribution < 1.29 is 9.53 Å². The van der Waals surface area contributed by atoms with Crippen LogP contribution in [0.1, 0.15) is 10.4 Å². The molecule has 3 aromatic rings. The van der Waals surface area contributed by atoms with Gasteiger partial charge in [-0.15, -0.1) is 0 Å². The third-order valence-electron chi connectivity index (χ3n) is 3.13. The number of rotatable bonds is 2. The molecule has 0 amide bonds. The molecule has 0 saturated carbocycles. The molecule has 21 heavy (non-hydrogen) atoms. The van der Waals surface area contributed by atoms with E-state index in [-0.39, 0.29) is 0 Å². The molecule has 0 radical (unpaired) electrons. The minimum absolute atomic E-state index is 0.407. The van der Waals surface area contributed by atoms with Crippen molar-refractivity contribution in [3.05, 3.63) is 75.7 Å². The van der Waals surface area contributed by atoms with Crippen LogP contribution in [0.5, 0.6) is 5.75 Å². The van der Waals surface area contributed by atoms with Crippen LogP contribution in [0.15, 0.2) is 65.1 Å². The normalized spacial score (nSPS) is 10.6. The fraction of sp³-hybridized carbons (Fsp3) is 0. The van der Waals surface area contributed by atoms with Gasteiger partial charge in [0.1, 0.15) is 5.75 Å². The molecule has 3 aromatic carbocycles. The quantitative estimate of drug-likeness (QED) is 0.446. The lowest BCUT2D eigenvalue weighted by atomic mass is 10.1. The van der Waals surface area contributed by atoms with Gasteiger partial charge in [0.15, 0.2) is 0 Å². The summed E-state index contributed by atoms with van der Waals surface area (Å²) in [6.45, 7) is 0. The number of halogens is 2. The van der Waals surface area contributed by atoms with Crippen molar-refractivity contribution in [3.8, 4) is 5.75 Å². The van der Waals surface area contributed by atoms with Gasteiger partial charge in [-0.1, -0.05) is 48.0 Å². The average molecular weight is 362 g/mol. The highest BCUT2D eigenvalue weighted by Gasteiger charge is 2.14. The first-order valence-corrected chi connectivity index (χ1v) is 7.48. The highest BCUT2D eigenvalue weighted by atomic mass is 79.9. The zero-order valence-corrected chi connectivity index (χ0v) is 13.2. The van der Waals surface area contributed by atoms with Crippen LogP contribution in [0.4, 0.5) is 0 Å². The van der Waals surface area contributed by atoms with Crippen LogP contribution in [0, 0.1) is 0 Å².